The van der Waals surface area contributed by atoms with Gasteiger partial charge in [-0.2, -0.15) is 0 Å². The highest BCUT2D eigenvalue weighted by Crippen LogP contribution is 2.32. The van der Waals surface area contributed by atoms with Gasteiger partial charge >= 0.3 is 17.9 Å². The van der Waals surface area contributed by atoms with E-state index in [4.69, 9.17) is 29.2 Å². The summed E-state index contributed by atoms with van der Waals surface area (Å²) in [4.78, 5) is 40.1. The molecule has 0 saturated carbocycles. The number of hydrogen-bond acceptors (Lipinski definition) is 10. The second kappa shape index (κ2) is 14.0. The number of azide groups is 1. The van der Waals surface area contributed by atoms with Crippen molar-refractivity contribution in [1.29, 1.82) is 0 Å². The number of carbonyl (C=O) groups excluding carboxylic acids is 3. The van der Waals surface area contributed by atoms with Crippen molar-refractivity contribution in [3.63, 3.8) is 0 Å². The fourth-order valence-electron chi connectivity index (χ4n) is 4.08. The maximum atomic E-state index is 12.0. The summed E-state index contributed by atoms with van der Waals surface area (Å²) in [6, 6.07) is 0. The van der Waals surface area contributed by atoms with Crippen LogP contribution in [0.2, 0.25) is 0 Å². The minimum Gasteiger partial charge on any atom is -0.463 e. The molecular weight excluding hydrogens is 436 g/mol. The van der Waals surface area contributed by atoms with Crippen LogP contribution in [0.4, 0.5) is 0 Å². The summed E-state index contributed by atoms with van der Waals surface area (Å²) in [5.41, 5.74) is 8.41. The molecule has 2 heterocycles. The number of rotatable bonds is 11. The predicted molar refractivity (Wildman–Crippen MR) is 115 cm³/mol. The quantitative estimate of drug-likeness (QED) is 0.110. The van der Waals surface area contributed by atoms with Gasteiger partial charge in [0, 0.05) is 51.9 Å². The highest BCUT2D eigenvalue weighted by molar-refractivity contribution is 5.67. The van der Waals surface area contributed by atoms with Gasteiger partial charge < -0.3 is 23.7 Å². The molecule has 0 bridgehead atoms. The van der Waals surface area contributed by atoms with Crippen LogP contribution in [0.5, 0.6) is 0 Å². The molecule has 12 heteroatoms. The largest absolute Gasteiger partial charge is 0.463 e. The van der Waals surface area contributed by atoms with E-state index < -0.39 is 48.6 Å². The van der Waals surface area contributed by atoms with Gasteiger partial charge in [-0.25, -0.2) is 0 Å². The zero-order valence-electron chi connectivity index (χ0n) is 19.5. The van der Waals surface area contributed by atoms with Crippen LogP contribution >= 0.6 is 0 Å². The summed E-state index contributed by atoms with van der Waals surface area (Å²) < 4.78 is 28.7. The Morgan fingerprint density at radius 3 is 2.24 bits per heavy atom. The van der Waals surface area contributed by atoms with E-state index >= 15 is 0 Å². The predicted octanol–water partition coefficient (Wildman–Crippen LogP) is 2.10. The zero-order valence-corrected chi connectivity index (χ0v) is 19.5. The maximum Gasteiger partial charge on any atom is 0.303 e. The number of likely N-dealkylation sites (tertiary alicyclic amines) is 1. The summed E-state index contributed by atoms with van der Waals surface area (Å²) in [5, 5.41) is 3.51. The topological polar surface area (TPSA) is 149 Å². The van der Waals surface area contributed by atoms with E-state index in [1.54, 1.807) is 0 Å². The Balaban J connectivity index is 2.29. The first-order valence-corrected chi connectivity index (χ1v) is 11.3. The SMILES string of the molecule is CC(=O)OC[C@H]1OC(N2CCCCC2)[C@H](OCCCCN=[N+]=[N-])[C@@H](OC(C)=O)[C@@H]1OC(C)=O. The fraction of sp³-hybridized carbons (Fsp3) is 0.857. The molecule has 2 rings (SSSR count). The van der Waals surface area contributed by atoms with Crippen LogP contribution in [-0.4, -0.2) is 86.3 Å². The lowest BCUT2D eigenvalue weighted by molar-refractivity contribution is -0.284. The van der Waals surface area contributed by atoms with E-state index in [2.05, 4.69) is 14.9 Å². The summed E-state index contributed by atoms with van der Waals surface area (Å²) >= 11 is 0. The number of nitrogens with zero attached hydrogens (tertiary/aromatic N) is 4. The van der Waals surface area contributed by atoms with E-state index in [-0.39, 0.29) is 6.61 Å². The van der Waals surface area contributed by atoms with Crippen molar-refractivity contribution in [2.75, 3.05) is 32.8 Å². The van der Waals surface area contributed by atoms with Gasteiger partial charge in [0.2, 0.25) is 0 Å². The van der Waals surface area contributed by atoms with Crippen LogP contribution in [0, 0.1) is 0 Å². The van der Waals surface area contributed by atoms with Crippen LogP contribution in [0.25, 0.3) is 10.4 Å². The maximum absolute atomic E-state index is 12.0. The molecule has 12 nitrogen and oxygen atoms in total. The summed E-state index contributed by atoms with van der Waals surface area (Å²) in [6.45, 7) is 5.83. The molecule has 2 saturated heterocycles. The van der Waals surface area contributed by atoms with E-state index in [1.165, 1.54) is 20.8 Å². The average molecular weight is 471 g/mol. The summed E-state index contributed by atoms with van der Waals surface area (Å²) in [7, 11) is 0. The third kappa shape index (κ3) is 8.81. The minimum atomic E-state index is -1.01. The smallest absolute Gasteiger partial charge is 0.303 e. The average Bonchev–Trinajstić information content (AvgIpc) is 2.77. The van der Waals surface area contributed by atoms with Crippen molar-refractivity contribution in [3.05, 3.63) is 10.4 Å². The molecule has 0 aromatic rings. The third-order valence-electron chi connectivity index (χ3n) is 5.44. The molecule has 33 heavy (non-hydrogen) atoms. The molecular formula is C21H34N4O8. The Labute approximate surface area is 193 Å². The molecule has 0 aromatic heterocycles. The molecule has 0 N–H and O–H groups in total. The Hall–Kier alpha value is -2.40. The monoisotopic (exact) mass is 470 g/mol. The highest BCUT2D eigenvalue weighted by atomic mass is 16.7. The fourth-order valence-corrected chi connectivity index (χ4v) is 4.08. The van der Waals surface area contributed by atoms with E-state index in [9.17, 15) is 14.4 Å². The van der Waals surface area contributed by atoms with Gasteiger partial charge in [0.05, 0.1) is 0 Å². The van der Waals surface area contributed by atoms with Crippen molar-refractivity contribution in [3.8, 4) is 0 Å². The van der Waals surface area contributed by atoms with Gasteiger partial charge in [-0.15, -0.1) is 0 Å². The lowest BCUT2D eigenvalue weighted by Crippen LogP contribution is -2.66. The first kappa shape index (κ1) is 26.8. The van der Waals surface area contributed by atoms with Crippen molar-refractivity contribution in [2.45, 2.75) is 83.5 Å². The molecule has 0 aliphatic carbocycles. The van der Waals surface area contributed by atoms with Gasteiger partial charge in [0.15, 0.2) is 12.2 Å². The van der Waals surface area contributed by atoms with Crippen molar-refractivity contribution in [1.82, 2.24) is 4.90 Å². The van der Waals surface area contributed by atoms with Gasteiger partial charge in [-0.3, -0.25) is 19.3 Å². The molecule has 0 aromatic carbocycles. The number of unbranched alkanes of at least 4 members (excludes halogenated alkanes) is 1. The molecule has 0 radical (unpaired) electrons. The van der Waals surface area contributed by atoms with E-state index in [0.717, 1.165) is 32.4 Å². The molecule has 0 spiro atoms. The second-order valence-electron chi connectivity index (χ2n) is 8.11. The Bertz CT molecular complexity index is 708. The number of esters is 3. The lowest BCUT2D eigenvalue weighted by atomic mass is 9.95. The zero-order chi connectivity index (χ0) is 24.2. The summed E-state index contributed by atoms with van der Waals surface area (Å²) in [5.74, 6) is -1.64. The minimum absolute atomic E-state index is 0.158. The van der Waals surface area contributed by atoms with E-state index in [0.29, 0.717) is 26.0 Å². The first-order chi connectivity index (χ1) is 15.8. The van der Waals surface area contributed by atoms with Gasteiger partial charge in [-0.1, -0.05) is 11.5 Å². The lowest BCUT2D eigenvalue weighted by Gasteiger charge is -2.49. The Kier molecular flexibility index (Phi) is 11.4. The van der Waals surface area contributed by atoms with E-state index in [1.807, 2.05) is 0 Å². The van der Waals surface area contributed by atoms with Crippen molar-refractivity contribution in [2.24, 2.45) is 5.11 Å². The molecule has 2 fully saturated rings. The number of carbonyl (C=O) groups is 3. The van der Waals surface area contributed by atoms with Crippen LogP contribution in [-0.2, 0) is 38.1 Å². The Morgan fingerprint density at radius 2 is 1.64 bits per heavy atom. The molecule has 2 aliphatic rings. The van der Waals surface area contributed by atoms with Gasteiger partial charge in [0.25, 0.3) is 0 Å². The third-order valence-corrected chi connectivity index (χ3v) is 5.44. The summed E-state index contributed by atoms with van der Waals surface area (Å²) in [6.07, 6.45) is 0.204. The number of piperidine rings is 1. The highest BCUT2D eigenvalue weighted by Gasteiger charge is 2.52. The molecule has 186 valence electrons. The Morgan fingerprint density at radius 1 is 0.970 bits per heavy atom. The standard InChI is InChI=1S/C21H34N4O8/c1-14(26)30-13-17-18(31-15(2)27)19(32-16(3)28)20(29-12-8-5-9-23-24-22)21(33-17)25-10-6-4-7-11-25/h17-21H,4-13H2,1-3H3/t17-,18-,19+,20-,21?/m1/s1. The van der Waals surface area contributed by atoms with Gasteiger partial charge in [-0.05, 0) is 31.2 Å². The normalized spacial score (nSPS) is 27.8. The van der Waals surface area contributed by atoms with Crippen LogP contribution in [0.3, 0.4) is 0 Å². The van der Waals surface area contributed by atoms with Crippen molar-refractivity contribution >= 4 is 17.9 Å². The second-order valence-corrected chi connectivity index (χ2v) is 8.11. The number of ether oxygens (including phenoxy) is 5. The van der Waals surface area contributed by atoms with Crippen LogP contribution in [0.1, 0.15) is 52.9 Å². The molecule has 0 amide bonds. The number of hydrogen-bond donors (Lipinski definition) is 0. The van der Waals surface area contributed by atoms with Gasteiger partial charge in [0.1, 0.15) is 25.0 Å². The molecule has 2 aliphatic heterocycles. The van der Waals surface area contributed by atoms with Crippen molar-refractivity contribution < 1.29 is 38.1 Å². The van der Waals surface area contributed by atoms with Crippen LogP contribution < -0.4 is 0 Å². The first-order valence-electron chi connectivity index (χ1n) is 11.3. The molecule has 5 atom stereocenters. The molecule has 1 unspecified atom stereocenters. The van der Waals surface area contributed by atoms with Crippen LogP contribution in [0.15, 0.2) is 5.11 Å².